The van der Waals surface area contributed by atoms with Crippen LogP contribution in [0.4, 0.5) is 17.6 Å². The number of halogens is 4. The second kappa shape index (κ2) is 7.40. The Morgan fingerprint density at radius 3 is 2.52 bits per heavy atom. The van der Waals surface area contributed by atoms with Gasteiger partial charge in [0.2, 0.25) is 5.91 Å². The summed E-state index contributed by atoms with van der Waals surface area (Å²) in [6.07, 6.45) is -4.44. The van der Waals surface area contributed by atoms with Crippen LogP contribution in [0.5, 0.6) is 0 Å². The van der Waals surface area contributed by atoms with Gasteiger partial charge in [0.25, 0.3) is 0 Å². The number of carbonyl (C=O) groups excluding carboxylic acids is 1. The summed E-state index contributed by atoms with van der Waals surface area (Å²) in [6.45, 7) is 3.80. The van der Waals surface area contributed by atoms with Crippen molar-refractivity contribution in [2.45, 2.75) is 39.0 Å². The van der Waals surface area contributed by atoms with Crippen LogP contribution in [-0.4, -0.2) is 18.5 Å². The minimum absolute atomic E-state index is 0.0198. The van der Waals surface area contributed by atoms with Gasteiger partial charge in [0.05, 0.1) is 5.56 Å². The third-order valence-corrected chi connectivity index (χ3v) is 2.67. The highest BCUT2D eigenvalue weighted by molar-refractivity contribution is 5.76. The van der Waals surface area contributed by atoms with Gasteiger partial charge in [0.1, 0.15) is 5.82 Å². The molecule has 0 aliphatic carbocycles. The van der Waals surface area contributed by atoms with Gasteiger partial charge in [-0.2, -0.15) is 13.2 Å². The molecule has 0 aliphatic heterocycles. The normalized spacial score (nSPS) is 11.8. The molecular formula is C14H18F4N2O. The lowest BCUT2D eigenvalue weighted by molar-refractivity contribution is -0.138. The van der Waals surface area contributed by atoms with E-state index in [0.29, 0.717) is 6.07 Å². The Kier molecular flexibility index (Phi) is 6.14. The largest absolute Gasteiger partial charge is 0.416 e. The monoisotopic (exact) mass is 306 g/mol. The van der Waals surface area contributed by atoms with Crippen LogP contribution in [0.2, 0.25) is 0 Å². The molecule has 0 aliphatic rings. The van der Waals surface area contributed by atoms with Crippen molar-refractivity contribution < 1.29 is 22.4 Å². The van der Waals surface area contributed by atoms with E-state index in [2.05, 4.69) is 10.6 Å². The maximum absolute atomic E-state index is 12.9. The van der Waals surface area contributed by atoms with Gasteiger partial charge in [-0.05, 0) is 31.5 Å². The molecule has 0 fully saturated rings. The van der Waals surface area contributed by atoms with E-state index in [-0.39, 0.29) is 37.0 Å². The molecule has 0 unspecified atom stereocenters. The number of amides is 1. The molecule has 1 aromatic carbocycles. The molecule has 0 radical (unpaired) electrons. The van der Waals surface area contributed by atoms with Crippen molar-refractivity contribution in [3.63, 3.8) is 0 Å². The quantitative estimate of drug-likeness (QED) is 0.627. The number of benzene rings is 1. The Bertz CT molecular complexity index is 486. The second-order valence-electron chi connectivity index (χ2n) is 4.95. The first kappa shape index (κ1) is 17.4. The summed E-state index contributed by atoms with van der Waals surface area (Å²) in [7, 11) is 0. The van der Waals surface area contributed by atoms with Crippen LogP contribution in [0.1, 0.15) is 31.4 Å². The fourth-order valence-corrected chi connectivity index (χ4v) is 1.79. The van der Waals surface area contributed by atoms with Gasteiger partial charge in [0.15, 0.2) is 0 Å². The fraction of sp³-hybridized carbons (Fsp3) is 0.500. The minimum Gasteiger partial charge on any atom is -0.354 e. The van der Waals surface area contributed by atoms with Crippen LogP contribution in [-0.2, 0) is 17.5 Å². The highest BCUT2D eigenvalue weighted by atomic mass is 19.4. The Labute approximate surface area is 120 Å². The topological polar surface area (TPSA) is 41.1 Å². The van der Waals surface area contributed by atoms with E-state index in [1.54, 1.807) is 0 Å². The molecule has 0 aromatic heterocycles. The molecule has 0 atom stereocenters. The van der Waals surface area contributed by atoms with Gasteiger partial charge in [0, 0.05) is 25.6 Å². The van der Waals surface area contributed by atoms with Crippen molar-refractivity contribution in [1.29, 1.82) is 0 Å². The van der Waals surface area contributed by atoms with Crippen molar-refractivity contribution >= 4 is 5.91 Å². The first-order chi connectivity index (χ1) is 9.70. The van der Waals surface area contributed by atoms with Crippen molar-refractivity contribution in [1.82, 2.24) is 10.6 Å². The molecule has 0 bridgehead atoms. The summed E-state index contributed by atoms with van der Waals surface area (Å²) in [4.78, 5) is 11.4. The van der Waals surface area contributed by atoms with E-state index in [9.17, 15) is 22.4 Å². The number of rotatable bonds is 6. The maximum Gasteiger partial charge on any atom is 0.416 e. The van der Waals surface area contributed by atoms with Gasteiger partial charge < -0.3 is 10.6 Å². The first-order valence-electron chi connectivity index (χ1n) is 6.56. The lowest BCUT2D eigenvalue weighted by Crippen LogP contribution is -2.32. The van der Waals surface area contributed by atoms with Gasteiger partial charge >= 0.3 is 6.18 Å². The van der Waals surface area contributed by atoms with E-state index in [0.717, 1.165) is 12.1 Å². The summed E-state index contributed by atoms with van der Waals surface area (Å²) in [5.41, 5.74) is -1.05. The summed E-state index contributed by atoms with van der Waals surface area (Å²) in [5.74, 6) is -1.10. The lowest BCUT2D eigenvalue weighted by atomic mass is 10.1. The number of hydrogen-bond donors (Lipinski definition) is 2. The van der Waals surface area contributed by atoms with Crippen LogP contribution >= 0.6 is 0 Å². The van der Waals surface area contributed by atoms with E-state index in [1.807, 2.05) is 13.8 Å². The number of alkyl halides is 3. The highest BCUT2D eigenvalue weighted by Crippen LogP contribution is 2.32. The summed E-state index contributed by atoms with van der Waals surface area (Å²) >= 11 is 0. The molecule has 1 rings (SSSR count). The molecule has 1 amide bonds. The van der Waals surface area contributed by atoms with Crippen molar-refractivity contribution in [2.24, 2.45) is 0 Å². The summed E-state index contributed by atoms with van der Waals surface area (Å²) in [5, 5.41) is 5.43. The van der Waals surface area contributed by atoms with Gasteiger partial charge in [-0.25, -0.2) is 4.39 Å². The minimum atomic E-state index is -4.60. The number of carbonyl (C=O) groups is 1. The Hall–Kier alpha value is -1.63. The van der Waals surface area contributed by atoms with Crippen LogP contribution in [0, 0.1) is 5.82 Å². The van der Waals surface area contributed by atoms with Crippen molar-refractivity contribution in [2.75, 3.05) is 6.54 Å². The standard InChI is InChI=1S/C14H18F4N2O/c1-9(2)20-13(21)5-6-19-8-10-3-4-11(15)7-12(10)14(16,17)18/h3-4,7,9,19H,5-6,8H2,1-2H3,(H,20,21). The average Bonchev–Trinajstić information content (AvgIpc) is 2.34. The molecule has 7 heteroatoms. The molecule has 118 valence electrons. The molecule has 0 spiro atoms. The maximum atomic E-state index is 12.9. The van der Waals surface area contributed by atoms with Crippen molar-refractivity contribution in [3.05, 3.63) is 35.1 Å². The van der Waals surface area contributed by atoms with E-state index in [4.69, 9.17) is 0 Å². The smallest absolute Gasteiger partial charge is 0.354 e. The third kappa shape index (κ3) is 6.12. The molecule has 0 saturated heterocycles. The molecule has 21 heavy (non-hydrogen) atoms. The molecular weight excluding hydrogens is 288 g/mol. The third-order valence-electron chi connectivity index (χ3n) is 2.67. The van der Waals surface area contributed by atoms with Gasteiger partial charge in [-0.15, -0.1) is 0 Å². The Balaban J connectivity index is 2.55. The number of nitrogens with one attached hydrogen (secondary N) is 2. The SMILES string of the molecule is CC(C)NC(=O)CCNCc1ccc(F)cc1C(F)(F)F. The summed E-state index contributed by atoms with van der Waals surface area (Å²) < 4.78 is 51.2. The molecule has 0 saturated carbocycles. The van der Waals surface area contributed by atoms with Crippen LogP contribution in [0.25, 0.3) is 0 Å². The van der Waals surface area contributed by atoms with E-state index < -0.39 is 17.6 Å². The Morgan fingerprint density at radius 2 is 1.95 bits per heavy atom. The predicted molar refractivity (Wildman–Crippen MR) is 71.0 cm³/mol. The Morgan fingerprint density at radius 1 is 1.29 bits per heavy atom. The molecule has 0 heterocycles. The first-order valence-corrected chi connectivity index (χ1v) is 6.56. The summed E-state index contributed by atoms with van der Waals surface area (Å²) in [6, 6.07) is 2.57. The highest BCUT2D eigenvalue weighted by Gasteiger charge is 2.33. The average molecular weight is 306 g/mol. The number of hydrogen-bond acceptors (Lipinski definition) is 2. The molecule has 2 N–H and O–H groups in total. The van der Waals surface area contributed by atoms with Crippen molar-refractivity contribution in [3.8, 4) is 0 Å². The second-order valence-corrected chi connectivity index (χ2v) is 4.95. The fourth-order valence-electron chi connectivity index (χ4n) is 1.79. The zero-order chi connectivity index (χ0) is 16.0. The van der Waals surface area contributed by atoms with E-state index in [1.165, 1.54) is 0 Å². The lowest BCUT2D eigenvalue weighted by Gasteiger charge is -2.14. The van der Waals surface area contributed by atoms with Gasteiger partial charge in [-0.1, -0.05) is 6.07 Å². The van der Waals surface area contributed by atoms with Crippen LogP contribution in [0.15, 0.2) is 18.2 Å². The zero-order valence-electron chi connectivity index (χ0n) is 11.9. The van der Waals surface area contributed by atoms with Crippen LogP contribution < -0.4 is 10.6 Å². The van der Waals surface area contributed by atoms with Crippen LogP contribution in [0.3, 0.4) is 0 Å². The molecule has 3 nitrogen and oxygen atoms in total. The van der Waals surface area contributed by atoms with Gasteiger partial charge in [-0.3, -0.25) is 4.79 Å². The predicted octanol–water partition coefficient (Wildman–Crippen LogP) is 2.85. The van der Waals surface area contributed by atoms with E-state index >= 15 is 0 Å². The molecule has 1 aromatic rings. The zero-order valence-corrected chi connectivity index (χ0v) is 11.9.